The van der Waals surface area contributed by atoms with E-state index >= 15 is 0 Å². The molecule has 0 amide bonds. The van der Waals surface area contributed by atoms with Gasteiger partial charge < -0.3 is 10.2 Å². The highest BCUT2D eigenvalue weighted by Crippen LogP contribution is 2.32. The summed E-state index contributed by atoms with van der Waals surface area (Å²) in [5.41, 5.74) is 7.08. The fourth-order valence-corrected chi connectivity index (χ4v) is 2.84. The average molecular weight is 307 g/mol. The summed E-state index contributed by atoms with van der Waals surface area (Å²) in [5.74, 6) is 1.90. The standard InChI is InChI=1S/C17H23ClN2O/c1-4-13-9-10-17(21-13)16(11-19)20(3)12(2)14-7-5-6-8-15(14)18/h5-10,12,16H,4,11,19H2,1-3H3. The Labute approximate surface area is 131 Å². The molecule has 0 saturated carbocycles. The van der Waals surface area contributed by atoms with Gasteiger partial charge in [-0.1, -0.05) is 36.7 Å². The van der Waals surface area contributed by atoms with Gasteiger partial charge in [0.25, 0.3) is 0 Å². The summed E-state index contributed by atoms with van der Waals surface area (Å²) in [6.07, 6.45) is 0.890. The van der Waals surface area contributed by atoms with Crippen molar-refractivity contribution in [3.63, 3.8) is 0 Å². The minimum atomic E-state index is 0.0385. The van der Waals surface area contributed by atoms with E-state index in [-0.39, 0.29) is 12.1 Å². The van der Waals surface area contributed by atoms with Gasteiger partial charge in [-0.3, -0.25) is 4.90 Å². The van der Waals surface area contributed by atoms with Crippen LogP contribution in [0.1, 0.15) is 43.0 Å². The molecule has 0 bridgehead atoms. The highest BCUT2D eigenvalue weighted by Gasteiger charge is 2.25. The maximum atomic E-state index is 6.30. The molecule has 2 aromatic rings. The molecule has 2 atom stereocenters. The van der Waals surface area contributed by atoms with Crippen molar-refractivity contribution in [2.24, 2.45) is 5.73 Å². The monoisotopic (exact) mass is 306 g/mol. The summed E-state index contributed by atoms with van der Waals surface area (Å²) in [4.78, 5) is 2.21. The number of nitrogens with two attached hydrogens (primary N) is 1. The van der Waals surface area contributed by atoms with Crippen molar-refractivity contribution < 1.29 is 4.42 Å². The number of hydrogen-bond acceptors (Lipinski definition) is 3. The molecule has 0 saturated heterocycles. The Balaban J connectivity index is 2.23. The average Bonchev–Trinajstić information content (AvgIpc) is 2.96. The van der Waals surface area contributed by atoms with E-state index in [1.807, 2.05) is 30.3 Å². The number of hydrogen-bond donors (Lipinski definition) is 1. The van der Waals surface area contributed by atoms with E-state index in [2.05, 4.69) is 31.9 Å². The summed E-state index contributed by atoms with van der Waals surface area (Å²) in [7, 11) is 2.06. The van der Waals surface area contributed by atoms with E-state index in [0.717, 1.165) is 28.5 Å². The molecule has 0 aliphatic carbocycles. The smallest absolute Gasteiger partial charge is 0.122 e. The third kappa shape index (κ3) is 3.49. The van der Waals surface area contributed by atoms with Crippen LogP contribution in [0, 0.1) is 0 Å². The molecule has 0 spiro atoms. The second-order valence-corrected chi connectivity index (χ2v) is 5.68. The number of nitrogens with zero attached hydrogens (tertiary/aromatic N) is 1. The molecule has 2 N–H and O–H groups in total. The lowest BCUT2D eigenvalue weighted by Gasteiger charge is -2.32. The zero-order valence-corrected chi connectivity index (χ0v) is 13.6. The highest BCUT2D eigenvalue weighted by atomic mass is 35.5. The summed E-state index contributed by atoms with van der Waals surface area (Å²) in [5, 5.41) is 0.779. The molecular weight excluding hydrogens is 284 g/mol. The molecule has 0 aliphatic rings. The zero-order valence-electron chi connectivity index (χ0n) is 12.8. The fraction of sp³-hybridized carbons (Fsp3) is 0.412. The van der Waals surface area contributed by atoms with Crippen molar-refractivity contribution in [2.75, 3.05) is 13.6 Å². The first-order valence-electron chi connectivity index (χ1n) is 7.33. The predicted octanol–water partition coefficient (Wildman–Crippen LogP) is 4.19. The molecule has 1 heterocycles. The van der Waals surface area contributed by atoms with Crippen molar-refractivity contribution in [1.29, 1.82) is 0 Å². The lowest BCUT2D eigenvalue weighted by Crippen LogP contribution is -2.32. The third-order valence-electron chi connectivity index (χ3n) is 4.04. The van der Waals surface area contributed by atoms with Crippen LogP contribution in [0.3, 0.4) is 0 Å². The number of furan rings is 1. The lowest BCUT2D eigenvalue weighted by atomic mass is 10.0. The van der Waals surface area contributed by atoms with Gasteiger partial charge >= 0.3 is 0 Å². The Hall–Kier alpha value is -1.29. The minimum Gasteiger partial charge on any atom is -0.464 e. The van der Waals surface area contributed by atoms with Crippen LogP contribution in [-0.2, 0) is 6.42 Å². The summed E-state index contributed by atoms with van der Waals surface area (Å²) in [6.45, 7) is 4.71. The van der Waals surface area contributed by atoms with E-state index in [1.165, 1.54) is 0 Å². The van der Waals surface area contributed by atoms with Crippen LogP contribution in [0.15, 0.2) is 40.8 Å². The van der Waals surface area contributed by atoms with Gasteiger partial charge in [0, 0.05) is 24.0 Å². The van der Waals surface area contributed by atoms with E-state index in [4.69, 9.17) is 21.8 Å². The normalized spacial score (nSPS) is 14.4. The van der Waals surface area contributed by atoms with Crippen molar-refractivity contribution in [3.8, 4) is 0 Å². The van der Waals surface area contributed by atoms with Gasteiger partial charge in [-0.15, -0.1) is 0 Å². The molecule has 0 fully saturated rings. The van der Waals surface area contributed by atoms with E-state index < -0.39 is 0 Å². The number of aryl methyl sites for hydroxylation is 1. The molecule has 21 heavy (non-hydrogen) atoms. The van der Waals surface area contributed by atoms with Crippen LogP contribution in [-0.4, -0.2) is 18.5 Å². The van der Waals surface area contributed by atoms with Gasteiger partial charge in [0.2, 0.25) is 0 Å². The molecule has 2 rings (SSSR count). The summed E-state index contributed by atoms with van der Waals surface area (Å²) in [6, 6.07) is 12.2. The van der Waals surface area contributed by atoms with Gasteiger partial charge in [0.05, 0.1) is 6.04 Å². The number of likely N-dealkylation sites (N-methyl/N-ethyl adjacent to an activating group) is 1. The van der Waals surface area contributed by atoms with E-state index in [0.29, 0.717) is 6.54 Å². The van der Waals surface area contributed by atoms with Gasteiger partial charge in [0.1, 0.15) is 11.5 Å². The van der Waals surface area contributed by atoms with E-state index in [9.17, 15) is 0 Å². The van der Waals surface area contributed by atoms with Crippen molar-refractivity contribution in [3.05, 3.63) is 58.5 Å². The van der Waals surface area contributed by atoms with Crippen LogP contribution in [0.5, 0.6) is 0 Å². The largest absolute Gasteiger partial charge is 0.464 e. The topological polar surface area (TPSA) is 42.4 Å². The molecule has 2 unspecified atom stereocenters. The van der Waals surface area contributed by atoms with Crippen LogP contribution in [0.4, 0.5) is 0 Å². The van der Waals surface area contributed by atoms with Gasteiger partial charge in [-0.2, -0.15) is 0 Å². The third-order valence-corrected chi connectivity index (χ3v) is 4.38. The Kier molecular flexibility index (Phi) is 5.45. The molecule has 0 aliphatic heterocycles. The molecule has 1 aromatic heterocycles. The number of benzene rings is 1. The molecule has 0 radical (unpaired) electrons. The van der Waals surface area contributed by atoms with Crippen molar-refractivity contribution in [2.45, 2.75) is 32.4 Å². The minimum absolute atomic E-state index is 0.0385. The number of halogens is 1. The highest BCUT2D eigenvalue weighted by molar-refractivity contribution is 6.31. The first-order chi connectivity index (χ1) is 10.1. The zero-order chi connectivity index (χ0) is 15.4. The first kappa shape index (κ1) is 16.1. The summed E-state index contributed by atoms with van der Waals surface area (Å²) < 4.78 is 5.87. The van der Waals surface area contributed by atoms with Crippen LogP contribution < -0.4 is 5.73 Å². The second kappa shape index (κ2) is 7.12. The Bertz CT molecular complexity index is 582. The maximum Gasteiger partial charge on any atom is 0.122 e. The van der Waals surface area contributed by atoms with Crippen LogP contribution in [0.25, 0.3) is 0 Å². The Morgan fingerprint density at radius 2 is 1.95 bits per heavy atom. The quantitative estimate of drug-likeness (QED) is 0.870. The van der Waals surface area contributed by atoms with Gasteiger partial charge in [0.15, 0.2) is 0 Å². The summed E-state index contributed by atoms with van der Waals surface area (Å²) >= 11 is 6.30. The van der Waals surface area contributed by atoms with Crippen LogP contribution in [0.2, 0.25) is 5.02 Å². The molecule has 114 valence electrons. The molecule has 1 aromatic carbocycles. The lowest BCUT2D eigenvalue weighted by molar-refractivity contribution is 0.167. The van der Waals surface area contributed by atoms with Crippen molar-refractivity contribution in [1.82, 2.24) is 4.90 Å². The Morgan fingerprint density at radius 3 is 2.52 bits per heavy atom. The Morgan fingerprint density at radius 1 is 1.24 bits per heavy atom. The first-order valence-corrected chi connectivity index (χ1v) is 7.71. The maximum absolute atomic E-state index is 6.30. The van der Waals surface area contributed by atoms with Crippen molar-refractivity contribution >= 4 is 11.6 Å². The molecule has 4 heteroatoms. The second-order valence-electron chi connectivity index (χ2n) is 5.27. The number of rotatable bonds is 6. The predicted molar refractivity (Wildman–Crippen MR) is 87.5 cm³/mol. The van der Waals surface area contributed by atoms with Gasteiger partial charge in [-0.25, -0.2) is 0 Å². The SMILES string of the molecule is CCc1ccc(C(CN)N(C)C(C)c2ccccc2Cl)o1. The van der Waals surface area contributed by atoms with E-state index in [1.54, 1.807) is 0 Å². The molecular formula is C17H23ClN2O. The molecule has 3 nitrogen and oxygen atoms in total. The fourth-order valence-electron chi connectivity index (χ4n) is 2.55. The van der Waals surface area contributed by atoms with Crippen LogP contribution >= 0.6 is 11.6 Å². The van der Waals surface area contributed by atoms with Gasteiger partial charge in [-0.05, 0) is 37.7 Å².